The van der Waals surface area contributed by atoms with Crippen LogP contribution in [0.15, 0.2) is 0 Å². The SMILES string of the molecule is CC1CCN(C(=O)C(=O)NC2CCCCCC2)CC1. The number of nitrogens with zero attached hydrogens (tertiary/aromatic N) is 1. The summed E-state index contributed by atoms with van der Waals surface area (Å²) in [6.45, 7) is 3.67. The minimum atomic E-state index is -0.388. The van der Waals surface area contributed by atoms with E-state index in [0.29, 0.717) is 5.92 Å². The van der Waals surface area contributed by atoms with Gasteiger partial charge in [0.15, 0.2) is 0 Å². The van der Waals surface area contributed by atoms with Crippen LogP contribution in [0.5, 0.6) is 0 Å². The summed E-state index contributed by atoms with van der Waals surface area (Å²) in [7, 11) is 0. The molecule has 2 rings (SSSR count). The summed E-state index contributed by atoms with van der Waals surface area (Å²) in [4.78, 5) is 25.8. The first kappa shape index (κ1) is 14.4. The van der Waals surface area contributed by atoms with E-state index in [9.17, 15) is 9.59 Å². The van der Waals surface area contributed by atoms with Crippen molar-refractivity contribution in [2.75, 3.05) is 13.1 Å². The van der Waals surface area contributed by atoms with E-state index in [2.05, 4.69) is 12.2 Å². The van der Waals surface area contributed by atoms with E-state index in [1.807, 2.05) is 0 Å². The molecule has 0 spiro atoms. The van der Waals surface area contributed by atoms with Gasteiger partial charge >= 0.3 is 11.8 Å². The minimum absolute atomic E-state index is 0.211. The van der Waals surface area contributed by atoms with Gasteiger partial charge in [0, 0.05) is 19.1 Å². The van der Waals surface area contributed by atoms with Crippen molar-refractivity contribution in [3.05, 3.63) is 0 Å². The zero-order chi connectivity index (χ0) is 13.7. The third-order valence-corrected chi connectivity index (χ3v) is 4.46. The van der Waals surface area contributed by atoms with Crippen LogP contribution in [0.2, 0.25) is 0 Å². The quantitative estimate of drug-likeness (QED) is 0.583. The first-order valence-corrected chi connectivity index (χ1v) is 7.76. The molecule has 1 aliphatic carbocycles. The third-order valence-electron chi connectivity index (χ3n) is 4.46. The molecule has 1 heterocycles. The Bertz CT molecular complexity index is 314. The van der Waals surface area contributed by atoms with Gasteiger partial charge in [-0.1, -0.05) is 32.6 Å². The van der Waals surface area contributed by atoms with Crippen LogP contribution in [0.25, 0.3) is 0 Å². The average Bonchev–Trinajstić information content (AvgIpc) is 2.67. The molecule has 1 saturated heterocycles. The van der Waals surface area contributed by atoms with Crippen LogP contribution in [0.3, 0.4) is 0 Å². The van der Waals surface area contributed by atoms with E-state index in [0.717, 1.165) is 38.8 Å². The van der Waals surface area contributed by atoms with Crippen molar-refractivity contribution < 1.29 is 9.59 Å². The summed E-state index contributed by atoms with van der Waals surface area (Å²) in [5.74, 6) is -0.0356. The van der Waals surface area contributed by atoms with E-state index in [-0.39, 0.29) is 17.9 Å². The smallest absolute Gasteiger partial charge is 0.311 e. The monoisotopic (exact) mass is 266 g/mol. The number of amides is 2. The van der Waals surface area contributed by atoms with Gasteiger partial charge in [0.1, 0.15) is 0 Å². The van der Waals surface area contributed by atoms with Crippen LogP contribution in [0.1, 0.15) is 58.3 Å². The predicted molar refractivity (Wildman–Crippen MR) is 74.6 cm³/mol. The van der Waals surface area contributed by atoms with Gasteiger partial charge in [0.25, 0.3) is 0 Å². The Hall–Kier alpha value is -1.06. The molecule has 19 heavy (non-hydrogen) atoms. The summed E-state index contributed by atoms with van der Waals surface area (Å²) < 4.78 is 0. The summed E-state index contributed by atoms with van der Waals surface area (Å²) in [6, 6.07) is 0.211. The zero-order valence-corrected chi connectivity index (χ0v) is 12.0. The summed E-state index contributed by atoms with van der Waals surface area (Å²) in [6.07, 6.45) is 8.92. The van der Waals surface area contributed by atoms with Gasteiger partial charge in [-0.05, 0) is 31.6 Å². The molecular formula is C15H26N2O2. The molecule has 2 aliphatic rings. The number of nitrogens with one attached hydrogen (secondary N) is 1. The summed E-state index contributed by atoms with van der Waals surface area (Å²) in [5, 5.41) is 2.94. The highest BCUT2D eigenvalue weighted by Gasteiger charge is 2.27. The number of hydrogen-bond donors (Lipinski definition) is 1. The second kappa shape index (κ2) is 6.92. The van der Waals surface area contributed by atoms with Crippen LogP contribution in [0, 0.1) is 5.92 Å². The largest absolute Gasteiger partial charge is 0.345 e. The number of likely N-dealkylation sites (tertiary alicyclic amines) is 1. The van der Waals surface area contributed by atoms with E-state index < -0.39 is 0 Å². The van der Waals surface area contributed by atoms with Crippen molar-refractivity contribution in [2.45, 2.75) is 64.3 Å². The first-order valence-electron chi connectivity index (χ1n) is 7.76. The fourth-order valence-electron chi connectivity index (χ4n) is 3.03. The molecule has 0 bridgehead atoms. The molecule has 0 aromatic heterocycles. The molecule has 0 unspecified atom stereocenters. The molecule has 4 nitrogen and oxygen atoms in total. The Morgan fingerprint density at radius 3 is 2.11 bits per heavy atom. The van der Waals surface area contributed by atoms with Crippen molar-refractivity contribution in [1.29, 1.82) is 0 Å². The van der Waals surface area contributed by atoms with Crippen LogP contribution < -0.4 is 5.32 Å². The van der Waals surface area contributed by atoms with Crippen molar-refractivity contribution >= 4 is 11.8 Å². The van der Waals surface area contributed by atoms with Crippen LogP contribution >= 0.6 is 0 Å². The molecule has 1 N–H and O–H groups in total. The lowest BCUT2D eigenvalue weighted by Gasteiger charge is -2.30. The van der Waals surface area contributed by atoms with Crippen molar-refractivity contribution in [3.8, 4) is 0 Å². The van der Waals surface area contributed by atoms with Gasteiger partial charge in [-0.3, -0.25) is 9.59 Å². The van der Waals surface area contributed by atoms with Gasteiger partial charge in [0.2, 0.25) is 0 Å². The Balaban J connectivity index is 1.79. The molecule has 2 amide bonds. The second-order valence-corrected chi connectivity index (χ2v) is 6.14. The van der Waals surface area contributed by atoms with Crippen LogP contribution in [-0.2, 0) is 9.59 Å². The molecule has 1 aliphatic heterocycles. The topological polar surface area (TPSA) is 49.4 Å². The van der Waals surface area contributed by atoms with Gasteiger partial charge in [-0.15, -0.1) is 0 Å². The predicted octanol–water partition coefficient (Wildman–Crippen LogP) is 2.08. The zero-order valence-electron chi connectivity index (χ0n) is 12.0. The van der Waals surface area contributed by atoms with E-state index >= 15 is 0 Å². The lowest BCUT2D eigenvalue weighted by Crippen LogP contribution is -2.48. The Morgan fingerprint density at radius 1 is 0.947 bits per heavy atom. The lowest BCUT2D eigenvalue weighted by atomic mass is 9.99. The van der Waals surface area contributed by atoms with Crippen molar-refractivity contribution in [1.82, 2.24) is 10.2 Å². The maximum Gasteiger partial charge on any atom is 0.311 e. The maximum absolute atomic E-state index is 12.1. The Kier molecular flexibility index (Phi) is 5.23. The maximum atomic E-state index is 12.1. The minimum Gasteiger partial charge on any atom is -0.345 e. The summed E-state index contributed by atoms with van der Waals surface area (Å²) in [5.41, 5.74) is 0. The Morgan fingerprint density at radius 2 is 1.53 bits per heavy atom. The van der Waals surface area contributed by atoms with E-state index in [4.69, 9.17) is 0 Å². The fourth-order valence-corrected chi connectivity index (χ4v) is 3.03. The summed E-state index contributed by atoms with van der Waals surface area (Å²) >= 11 is 0. The first-order chi connectivity index (χ1) is 9.16. The number of hydrogen-bond acceptors (Lipinski definition) is 2. The lowest BCUT2D eigenvalue weighted by molar-refractivity contribution is -0.147. The number of carbonyl (C=O) groups is 2. The number of piperidine rings is 1. The third kappa shape index (κ3) is 4.22. The number of carbonyl (C=O) groups excluding carboxylic acids is 2. The van der Waals surface area contributed by atoms with Crippen LogP contribution in [-0.4, -0.2) is 35.8 Å². The van der Waals surface area contributed by atoms with Gasteiger partial charge < -0.3 is 10.2 Å². The standard InChI is InChI=1S/C15H26N2O2/c1-12-8-10-17(11-9-12)15(19)14(18)16-13-6-4-2-3-5-7-13/h12-13H,2-11H2,1H3,(H,16,18). The molecule has 108 valence electrons. The van der Waals surface area contributed by atoms with E-state index in [1.54, 1.807) is 4.90 Å². The molecule has 0 atom stereocenters. The van der Waals surface area contributed by atoms with Gasteiger partial charge in [-0.25, -0.2) is 0 Å². The molecule has 4 heteroatoms. The molecule has 2 fully saturated rings. The second-order valence-electron chi connectivity index (χ2n) is 6.14. The molecule has 0 aromatic carbocycles. The van der Waals surface area contributed by atoms with E-state index in [1.165, 1.54) is 25.7 Å². The Labute approximate surface area is 115 Å². The van der Waals surface area contributed by atoms with Gasteiger partial charge in [-0.2, -0.15) is 0 Å². The van der Waals surface area contributed by atoms with Crippen LogP contribution in [0.4, 0.5) is 0 Å². The van der Waals surface area contributed by atoms with Crippen molar-refractivity contribution in [2.24, 2.45) is 5.92 Å². The highest BCUT2D eigenvalue weighted by Crippen LogP contribution is 2.18. The molecule has 1 saturated carbocycles. The molecule has 0 radical (unpaired) electrons. The molecule has 0 aromatic rings. The van der Waals surface area contributed by atoms with Crippen molar-refractivity contribution in [3.63, 3.8) is 0 Å². The fraction of sp³-hybridized carbons (Fsp3) is 0.867. The normalized spacial score (nSPS) is 22.9. The highest BCUT2D eigenvalue weighted by molar-refractivity contribution is 6.35. The molecular weight excluding hydrogens is 240 g/mol. The highest BCUT2D eigenvalue weighted by atomic mass is 16.2. The van der Waals surface area contributed by atoms with Gasteiger partial charge in [0.05, 0.1) is 0 Å². The number of rotatable bonds is 1. The average molecular weight is 266 g/mol.